The normalized spacial score (nSPS) is 18.7. The lowest BCUT2D eigenvalue weighted by Crippen LogP contribution is -2.41. The maximum absolute atomic E-state index is 6.32. The van der Waals surface area contributed by atoms with Crippen LogP contribution in [-0.2, 0) is 21.3 Å². The van der Waals surface area contributed by atoms with Crippen molar-refractivity contribution >= 4 is 24.2 Å². The second-order valence-electron chi connectivity index (χ2n) is 9.06. The van der Waals surface area contributed by atoms with Gasteiger partial charge in [0.25, 0.3) is 0 Å². The Morgan fingerprint density at radius 2 is 1.81 bits per heavy atom. The van der Waals surface area contributed by atoms with Crippen molar-refractivity contribution in [1.29, 1.82) is 0 Å². The van der Waals surface area contributed by atoms with Crippen molar-refractivity contribution < 1.29 is 14.0 Å². The van der Waals surface area contributed by atoms with E-state index in [9.17, 15) is 0 Å². The second-order valence-corrected chi connectivity index (χ2v) is 9.41. The molecule has 0 unspecified atom stereocenters. The lowest BCUT2D eigenvalue weighted by Gasteiger charge is -2.32. The molecule has 2 aromatic rings. The van der Waals surface area contributed by atoms with Crippen LogP contribution in [0.5, 0.6) is 5.75 Å². The zero-order valence-corrected chi connectivity index (χ0v) is 17.9. The topological polar surface area (TPSA) is 56.4 Å². The first-order valence-corrected chi connectivity index (χ1v) is 9.59. The Morgan fingerprint density at radius 1 is 1.19 bits per heavy atom. The van der Waals surface area contributed by atoms with Gasteiger partial charge in [-0.1, -0.05) is 32.4 Å². The van der Waals surface area contributed by atoms with E-state index in [-0.39, 0.29) is 5.41 Å². The van der Waals surface area contributed by atoms with Crippen LogP contribution in [0.2, 0.25) is 5.15 Å². The van der Waals surface area contributed by atoms with E-state index in [0.717, 1.165) is 11.3 Å². The molecule has 3 rings (SSSR count). The van der Waals surface area contributed by atoms with Crippen molar-refractivity contribution in [1.82, 2.24) is 9.97 Å². The van der Waals surface area contributed by atoms with E-state index in [1.807, 2.05) is 46.0 Å². The molecule has 7 heteroatoms. The smallest absolute Gasteiger partial charge is 0.487 e. The zero-order valence-electron chi connectivity index (χ0n) is 17.1. The van der Waals surface area contributed by atoms with Crippen LogP contribution in [0.25, 0.3) is 0 Å². The third-order valence-electron chi connectivity index (χ3n) is 5.33. The number of aromatic amines is 1. The van der Waals surface area contributed by atoms with E-state index in [0.29, 0.717) is 23.0 Å². The van der Waals surface area contributed by atoms with Gasteiger partial charge in [-0.2, -0.15) is 0 Å². The molecule has 1 fully saturated rings. The van der Waals surface area contributed by atoms with Crippen molar-refractivity contribution in [2.75, 3.05) is 0 Å². The predicted molar refractivity (Wildman–Crippen MR) is 109 cm³/mol. The van der Waals surface area contributed by atoms with Crippen molar-refractivity contribution in [3.8, 4) is 5.75 Å². The Kier molecular flexibility index (Phi) is 5.13. The van der Waals surface area contributed by atoms with Gasteiger partial charge in [0.05, 0.1) is 17.4 Å². The Bertz CT molecular complexity index is 811. The summed E-state index contributed by atoms with van der Waals surface area (Å²) in [5, 5.41) is 0.359. The Morgan fingerprint density at radius 3 is 2.41 bits per heavy atom. The summed E-state index contributed by atoms with van der Waals surface area (Å²) in [5.41, 5.74) is 2.10. The lowest BCUT2D eigenvalue weighted by molar-refractivity contribution is 0.00578. The van der Waals surface area contributed by atoms with Gasteiger partial charge in [-0.3, -0.25) is 0 Å². The van der Waals surface area contributed by atoms with E-state index < -0.39 is 18.3 Å². The fourth-order valence-corrected chi connectivity index (χ4v) is 3.23. The molecule has 0 aliphatic carbocycles. The van der Waals surface area contributed by atoms with E-state index >= 15 is 0 Å². The van der Waals surface area contributed by atoms with Crippen LogP contribution in [-0.4, -0.2) is 28.3 Å². The molecule has 5 nitrogen and oxygen atoms in total. The summed E-state index contributed by atoms with van der Waals surface area (Å²) in [5.74, 6) is 0.630. The van der Waals surface area contributed by atoms with Gasteiger partial charge < -0.3 is 19.0 Å². The minimum absolute atomic E-state index is 0.0221. The number of H-pyrrole nitrogens is 1. The lowest BCUT2D eigenvalue weighted by atomic mass is 9.80. The average Bonchev–Trinajstić information content (AvgIpc) is 3.09. The molecule has 2 aromatic heterocycles. The summed E-state index contributed by atoms with van der Waals surface area (Å²) in [6, 6.07) is 3.89. The Labute approximate surface area is 166 Å². The van der Waals surface area contributed by atoms with Gasteiger partial charge in [-0.25, -0.2) is 4.98 Å². The highest BCUT2D eigenvalue weighted by Crippen LogP contribution is 2.37. The highest BCUT2D eigenvalue weighted by atomic mass is 35.5. The molecule has 0 bridgehead atoms. The third-order valence-corrected chi connectivity index (χ3v) is 5.64. The molecule has 1 aliphatic heterocycles. The Balaban J connectivity index is 1.78. The highest BCUT2D eigenvalue weighted by molar-refractivity contribution is 6.65. The van der Waals surface area contributed by atoms with Crippen LogP contribution in [0, 0.1) is 0 Å². The molecular formula is C20H28BClN2O3. The van der Waals surface area contributed by atoms with Crippen LogP contribution in [0.15, 0.2) is 24.5 Å². The van der Waals surface area contributed by atoms with Crippen molar-refractivity contribution in [2.24, 2.45) is 0 Å². The zero-order chi connectivity index (χ0) is 20.0. The number of aromatic nitrogens is 2. The van der Waals surface area contributed by atoms with Gasteiger partial charge in [0.15, 0.2) is 0 Å². The molecule has 0 aromatic carbocycles. The van der Waals surface area contributed by atoms with Crippen LogP contribution < -0.4 is 10.2 Å². The quantitative estimate of drug-likeness (QED) is 0.626. The fraction of sp³-hybridized carbons (Fsp3) is 0.550. The summed E-state index contributed by atoms with van der Waals surface area (Å²) >= 11 is 6.32. The minimum Gasteiger partial charge on any atom is -0.487 e. The molecule has 1 aliphatic rings. The van der Waals surface area contributed by atoms with Gasteiger partial charge in [0.2, 0.25) is 0 Å². The number of nitrogens with zero attached hydrogens (tertiary/aromatic N) is 1. The summed E-state index contributed by atoms with van der Waals surface area (Å²) in [6.07, 6.45) is 3.57. The molecule has 0 saturated carbocycles. The standard InChI is InChI=1S/C20H28BClN2O3/c1-18(2,3)16-13(8-9-23-16)12-25-14-10-15(17(22)24-11-14)21-26-19(4,5)20(6,7)27-21/h8-11,23H,12H2,1-7H3. The summed E-state index contributed by atoms with van der Waals surface area (Å²) in [6.45, 7) is 15.0. The van der Waals surface area contributed by atoms with Crippen molar-refractivity contribution in [3.63, 3.8) is 0 Å². The number of pyridine rings is 1. The number of rotatable bonds is 4. The van der Waals surface area contributed by atoms with E-state index in [1.165, 1.54) is 0 Å². The number of ether oxygens (including phenoxy) is 1. The fourth-order valence-electron chi connectivity index (χ4n) is 3.04. The van der Waals surface area contributed by atoms with Crippen LogP contribution in [0.4, 0.5) is 0 Å². The summed E-state index contributed by atoms with van der Waals surface area (Å²) in [4.78, 5) is 7.57. The first-order chi connectivity index (χ1) is 12.4. The molecule has 1 saturated heterocycles. The molecule has 27 heavy (non-hydrogen) atoms. The maximum Gasteiger partial charge on any atom is 0.498 e. The number of nitrogens with one attached hydrogen (secondary N) is 1. The molecule has 146 valence electrons. The predicted octanol–water partition coefficient (Wildman–Crippen LogP) is 4.24. The minimum atomic E-state index is -0.573. The summed E-state index contributed by atoms with van der Waals surface area (Å²) < 4.78 is 18.2. The molecular weight excluding hydrogens is 362 g/mol. The first kappa shape index (κ1) is 20.2. The van der Waals surface area contributed by atoms with Gasteiger partial charge >= 0.3 is 7.12 Å². The number of hydrogen-bond acceptors (Lipinski definition) is 4. The van der Waals surface area contributed by atoms with Crippen LogP contribution in [0.3, 0.4) is 0 Å². The van der Waals surface area contributed by atoms with Crippen LogP contribution >= 0.6 is 11.6 Å². The van der Waals surface area contributed by atoms with Crippen LogP contribution in [0.1, 0.15) is 59.7 Å². The average molecular weight is 391 g/mol. The largest absolute Gasteiger partial charge is 0.498 e. The second kappa shape index (κ2) is 6.84. The highest BCUT2D eigenvalue weighted by Gasteiger charge is 2.52. The maximum atomic E-state index is 6.32. The first-order valence-electron chi connectivity index (χ1n) is 9.21. The van der Waals surface area contributed by atoms with E-state index in [2.05, 4.69) is 30.7 Å². The van der Waals surface area contributed by atoms with E-state index in [4.69, 9.17) is 25.6 Å². The number of halogens is 1. The number of hydrogen-bond donors (Lipinski definition) is 1. The molecule has 1 N–H and O–H groups in total. The van der Waals surface area contributed by atoms with Crippen molar-refractivity contribution in [2.45, 2.75) is 71.7 Å². The van der Waals surface area contributed by atoms with Crippen molar-refractivity contribution in [3.05, 3.63) is 40.9 Å². The Hall–Kier alpha value is -1.50. The van der Waals surface area contributed by atoms with Gasteiger partial charge in [-0.15, -0.1) is 0 Å². The molecule has 0 amide bonds. The molecule has 0 atom stereocenters. The molecule has 3 heterocycles. The van der Waals surface area contributed by atoms with Gasteiger partial charge in [0.1, 0.15) is 17.5 Å². The molecule has 0 spiro atoms. The van der Waals surface area contributed by atoms with Gasteiger partial charge in [-0.05, 0) is 39.8 Å². The third kappa shape index (κ3) is 4.03. The molecule has 0 radical (unpaired) electrons. The monoisotopic (exact) mass is 390 g/mol. The van der Waals surface area contributed by atoms with Gasteiger partial charge in [0, 0.05) is 28.3 Å². The SMILES string of the molecule is CC(C)(C)c1[nH]ccc1COc1cnc(Cl)c(B2OC(C)(C)C(C)(C)O2)c1. The summed E-state index contributed by atoms with van der Waals surface area (Å²) in [7, 11) is -0.573. The van der Waals surface area contributed by atoms with E-state index in [1.54, 1.807) is 6.20 Å².